The Labute approximate surface area is 111 Å². The highest BCUT2D eigenvalue weighted by molar-refractivity contribution is 6.01. The molecule has 8 nitrogen and oxygen atoms in total. The Kier molecular flexibility index (Phi) is 5.43. The van der Waals surface area contributed by atoms with E-state index in [-0.39, 0.29) is 27.3 Å². The maximum Gasteiger partial charge on any atom is 0.336 e. The molecule has 0 saturated carbocycles. The Morgan fingerprint density at radius 3 is 2.37 bits per heavy atom. The summed E-state index contributed by atoms with van der Waals surface area (Å²) in [7, 11) is 1.34. The van der Waals surface area contributed by atoms with Gasteiger partial charge in [-0.3, -0.25) is 9.59 Å². The first kappa shape index (κ1) is 15.1. The molecule has 0 bridgehead atoms. The van der Waals surface area contributed by atoms with Crippen molar-refractivity contribution in [3.05, 3.63) is 0 Å². The maximum atomic E-state index is 11.4. The highest BCUT2D eigenvalue weighted by Gasteiger charge is 2.33. The Bertz CT molecular complexity index is 382. The van der Waals surface area contributed by atoms with E-state index in [1.807, 2.05) is 0 Å². The van der Waals surface area contributed by atoms with E-state index in [2.05, 4.69) is 9.57 Å². The third-order valence-electron chi connectivity index (χ3n) is 2.25. The van der Waals surface area contributed by atoms with Gasteiger partial charge in [0.25, 0.3) is 11.8 Å². The van der Waals surface area contributed by atoms with Crippen LogP contribution in [-0.4, -0.2) is 48.6 Å². The zero-order valence-corrected chi connectivity index (χ0v) is 10.7. The number of amides is 2. The minimum atomic E-state index is -0.818. The van der Waals surface area contributed by atoms with Crippen LogP contribution in [0.4, 0.5) is 0 Å². The normalized spacial score (nSPS) is 16.4. The molecule has 0 N–H and O–H groups in total. The molecule has 19 heavy (non-hydrogen) atoms. The van der Waals surface area contributed by atoms with Crippen LogP contribution in [0, 0.1) is 0 Å². The fraction of sp³-hybridized carbons (Fsp3) is 0.636. The molecular formula is C11H17NO7. The topological polar surface area (TPSA) is 99.2 Å². The van der Waals surface area contributed by atoms with Gasteiger partial charge in [0.1, 0.15) is 12.7 Å². The summed E-state index contributed by atoms with van der Waals surface area (Å²) in [6.45, 7) is 1.27. The van der Waals surface area contributed by atoms with E-state index in [1.165, 1.54) is 14.0 Å². The zero-order chi connectivity index (χ0) is 14.4. The molecular weight excluding hydrogens is 258 g/mol. The second kappa shape index (κ2) is 6.83. The van der Waals surface area contributed by atoms with Crippen LogP contribution in [0.5, 0.6) is 0 Å². The van der Waals surface area contributed by atoms with E-state index < -0.39 is 29.9 Å². The standard InChI is InChI=1S/C11H15NO7.H2/c1-7(18-11(16)6-17-2)5-10(15)19-12-8(13)3-4-9(12)14;/h7H,3-6H2,1-2H3;1H. The zero-order valence-electron chi connectivity index (χ0n) is 10.7. The number of hydrogen-bond donors (Lipinski definition) is 0. The Balaban J connectivity index is 0.00000361. The van der Waals surface area contributed by atoms with Crippen molar-refractivity contribution < 1.29 is 34.9 Å². The molecule has 1 atom stereocenters. The number of carbonyl (C=O) groups excluding carboxylic acids is 4. The van der Waals surface area contributed by atoms with Gasteiger partial charge in [-0.25, -0.2) is 9.59 Å². The average Bonchev–Trinajstić information content (AvgIpc) is 2.60. The summed E-state index contributed by atoms with van der Waals surface area (Å²) < 4.78 is 9.38. The van der Waals surface area contributed by atoms with Crippen molar-refractivity contribution in [1.82, 2.24) is 5.06 Å². The fourth-order valence-electron chi connectivity index (χ4n) is 1.45. The molecule has 0 spiro atoms. The molecule has 0 aromatic heterocycles. The number of hydrogen-bond acceptors (Lipinski definition) is 7. The maximum absolute atomic E-state index is 11.4. The summed E-state index contributed by atoms with van der Waals surface area (Å²) >= 11 is 0. The van der Waals surface area contributed by atoms with Gasteiger partial charge in [0.05, 0.1) is 6.42 Å². The predicted octanol–water partition coefficient (Wildman–Crippen LogP) is -0.192. The van der Waals surface area contributed by atoms with Crippen LogP contribution in [-0.2, 0) is 33.5 Å². The van der Waals surface area contributed by atoms with Gasteiger partial charge in [-0.2, -0.15) is 0 Å². The third-order valence-corrected chi connectivity index (χ3v) is 2.25. The average molecular weight is 275 g/mol. The number of rotatable bonds is 6. The molecule has 2 amide bonds. The van der Waals surface area contributed by atoms with Crippen LogP contribution in [0.15, 0.2) is 0 Å². The van der Waals surface area contributed by atoms with Gasteiger partial charge in [-0.15, -0.1) is 5.06 Å². The number of esters is 1. The van der Waals surface area contributed by atoms with Gasteiger partial charge in [-0.05, 0) is 6.92 Å². The van der Waals surface area contributed by atoms with E-state index in [0.717, 1.165) is 0 Å². The number of hydroxylamine groups is 2. The molecule has 1 fully saturated rings. The highest BCUT2D eigenvalue weighted by atomic mass is 16.7. The molecule has 0 radical (unpaired) electrons. The predicted molar refractivity (Wildman–Crippen MR) is 61.3 cm³/mol. The van der Waals surface area contributed by atoms with Crippen molar-refractivity contribution in [2.24, 2.45) is 0 Å². The molecule has 0 aliphatic carbocycles. The number of nitrogens with zero attached hydrogens (tertiary/aromatic N) is 1. The van der Waals surface area contributed by atoms with Crippen molar-refractivity contribution in [2.45, 2.75) is 32.3 Å². The monoisotopic (exact) mass is 275 g/mol. The first-order valence-electron chi connectivity index (χ1n) is 5.69. The minimum absolute atomic E-state index is 0. The van der Waals surface area contributed by atoms with E-state index in [1.54, 1.807) is 0 Å². The Morgan fingerprint density at radius 1 is 1.26 bits per heavy atom. The SMILES string of the molecule is COCC(=O)OC(C)CC(=O)ON1C(=O)CCC1=O.[HH]. The lowest BCUT2D eigenvalue weighted by Gasteiger charge is -2.15. The van der Waals surface area contributed by atoms with Crippen LogP contribution >= 0.6 is 0 Å². The Morgan fingerprint density at radius 2 is 1.84 bits per heavy atom. The van der Waals surface area contributed by atoms with Gasteiger partial charge >= 0.3 is 11.9 Å². The third kappa shape index (κ3) is 4.66. The van der Waals surface area contributed by atoms with Gasteiger partial charge in [0.2, 0.25) is 0 Å². The molecule has 1 unspecified atom stereocenters. The molecule has 1 aliphatic heterocycles. The summed E-state index contributed by atoms with van der Waals surface area (Å²) in [5.74, 6) is -2.54. The first-order chi connectivity index (χ1) is 8.93. The van der Waals surface area contributed by atoms with Gasteiger partial charge in [0.15, 0.2) is 0 Å². The van der Waals surface area contributed by atoms with Crippen molar-refractivity contribution >= 4 is 23.8 Å². The molecule has 8 heteroatoms. The molecule has 1 heterocycles. The number of methoxy groups -OCH3 is 1. The van der Waals surface area contributed by atoms with Crippen LogP contribution in [0.2, 0.25) is 0 Å². The van der Waals surface area contributed by atoms with E-state index in [9.17, 15) is 19.2 Å². The molecule has 1 rings (SSSR count). The number of imide groups is 1. The Hall–Kier alpha value is -1.96. The van der Waals surface area contributed by atoms with Crippen molar-refractivity contribution in [1.29, 1.82) is 0 Å². The smallest absolute Gasteiger partial charge is 0.336 e. The second-order valence-corrected chi connectivity index (χ2v) is 3.98. The molecule has 108 valence electrons. The lowest BCUT2D eigenvalue weighted by Crippen LogP contribution is -2.33. The highest BCUT2D eigenvalue weighted by Crippen LogP contribution is 2.13. The van der Waals surface area contributed by atoms with Crippen molar-refractivity contribution in [3.63, 3.8) is 0 Å². The van der Waals surface area contributed by atoms with Gasteiger partial charge in [-0.1, -0.05) is 0 Å². The molecule has 0 aromatic rings. The molecule has 1 aliphatic rings. The molecule has 0 aromatic carbocycles. The van der Waals surface area contributed by atoms with Crippen molar-refractivity contribution in [2.75, 3.05) is 13.7 Å². The lowest BCUT2D eigenvalue weighted by atomic mass is 10.3. The summed E-state index contributed by atoms with van der Waals surface area (Å²) in [5, 5.41) is 0.450. The largest absolute Gasteiger partial charge is 0.460 e. The van der Waals surface area contributed by atoms with E-state index in [0.29, 0.717) is 5.06 Å². The van der Waals surface area contributed by atoms with Crippen molar-refractivity contribution in [3.8, 4) is 0 Å². The summed E-state index contributed by atoms with van der Waals surface area (Å²) in [4.78, 5) is 49.5. The summed E-state index contributed by atoms with van der Waals surface area (Å²) in [6.07, 6.45) is -0.926. The first-order valence-corrected chi connectivity index (χ1v) is 5.69. The number of ether oxygens (including phenoxy) is 2. The fourth-order valence-corrected chi connectivity index (χ4v) is 1.45. The minimum Gasteiger partial charge on any atom is -0.460 e. The van der Waals surface area contributed by atoms with E-state index in [4.69, 9.17) is 4.74 Å². The van der Waals surface area contributed by atoms with Crippen LogP contribution in [0.25, 0.3) is 0 Å². The van der Waals surface area contributed by atoms with Gasteiger partial charge < -0.3 is 14.3 Å². The summed E-state index contributed by atoms with van der Waals surface area (Å²) in [5.41, 5.74) is 0. The molecule has 1 saturated heterocycles. The van der Waals surface area contributed by atoms with Crippen LogP contribution < -0.4 is 0 Å². The summed E-state index contributed by atoms with van der Waals surface area (Å²) in [6, 6.07) is 0. The van der Waals surface area contributed by atoms with Crippen LogP contribution in [0.3, 0.4) is 0 Å². The second-order valence-electron chi connectivity index (χ2n) is 3.98. The number of carbonyl (C=O) groups is 4. The van der Waals surface area contributed by atoms with Gasteiger partial charge in [0, 0.05) is 21.4 Å². The van der Waals surface area contributed by atoms with Crippen LogP contribution in [0.1, 0.15) is 27.6 Å². The quantitative estimate of drug-likeness (QED) is 0.489. The van der Waals surface area contributed by atoms with E-state index >= 15 is 0 Å². The lowest BCUT2D eigenvalue weighted by molar-refractivity contribution is -0.199.